The van der Waals surface area contributed by atoms with E-state index in [1.165, 1.54) is 0 Å². The summed E-state index contributed by atoms with van der Waals surface area (Å²) < 4.78 is 5.51. The third kappa shape index (κ3) is 4.29. The zero-order chi connectivity index (χ0) is 18.7. The summed E-state index contributed by atoms with van der Waals surface area (Å²) in [4.78, 5) is 35.3. The van der Waals surface area contributed by atoms with E-state index in [2.05, 4.69) is 20.8 Å². The maximum atomic E-state index is 12.2. The molecule has 2 N–H and O–H groups in total. The highest BCUT2D eigenvalue weighted by Gasteiger charge is 2.34. The minimum atomic E-state index is -0.504. The molecule has 1 aliphatic heterocycles. The van der Waals surface area contributed by atoms with Gasteiger partial charge in [0.2, 0.25) is 11.8 Å². The minimum absolute atomic E-state index is 0.0299. The second-order valence-electron chi connectivity index (χ2n) is 6.10. The SMILES string of the molecule is Cc1ccc(C(=O)CSc2nnc(CC3C(=O)NC(=O)NC3C)o2)cc1. The van der Waals surface area contributed by atoms with Gasteiger partial charge in [-0.2, -0.15) is 0 Å². The Morgan fingerprint density at radius 1 is 1.23 bits per heavy atom. The van der Waals surface area contributed by atoms with Gasteiger partial charge >= 0.3 is 6.03 Å². The van der Waals surface area contributed by atoms with E-state index in [1.54, 1.807) is 19.1 Å². The molecule has 3 amide bonds. The molecule has 1 fully saturated rings. The minimum Gasteiger partial charge on any atom is -0.416 e. The third-order valence-corrected chi connectivity index (χ3v) is 4.90. The first-order valence-corrected chi connectivity index (χ1v) is 9.07. The predicted octanol–water partition coefficient (Wildman–Crippen LogP) is 1.74. The molecule has 2 aromatic rings. The van der Waals surface area contributed by atoms with Gasteiger partial charge in [-0.3, -0.25) is 14.9 Å². The van der Waals surface area contributed by atoms with E-state index in [9.17, 15) is 14.4 Å². The molecule has 0 spiro atoms. The van der Waals surface area contributed by atoms with Gasteiger partial charge in [-0.25, -0.2) is 4.79 Å². The van der Waals surface area contributed by atoms with Gasteiger partial charge in [-0.1, -0.05) is 41.6 Å². The summed E-state index contributed by atoms with van der Waals surface area (Å²) in [6.45, 7) is 3.70. The third-order valence-electron chi connectivity index (χ3n) is 4.08. The van der Waals surface area contributed by atoms with E-state index >= 15 is 0 Å². The van der Waals surface area contributed by atoms with Crippen LogP contribution in [0.5, 0.6) is 0 Å². The molecule has 0 aliphatic carbocycles. The highest BCUT2D eigenvalue weighted by molar-refractivity contribution is 7.99. The number of hydrogen-bond acceptors (Lipinski definition) is 7. The Morgan fingerprint density at radius 2 is 1.96 bits per heavy atom. The Hall–Kier alpha value is -2.68. The van der Waals surface area contributed by atoms with Crippen LogP contribution < -0.4 is 10.6 Å². The zero-order valence-electron chi connectivity index (χ0n) is 14.3. The van der Waals surface area contributed by atoms with Crippen molar-refractivity contribution < 1.29 is 18.8 Å². The van der Waals surface area contributed by atoms with Crippen molar-refractivity contribution in [1.29, 1.82) is 0 Å². The van der Waals surface area contributed by atoms with E-state index in [-0.39, 0.29) is 35.1 Å². The Bertz CT molecular complexity index is 834. The lowest BCUT2D eigenvalue weighted by Crippen LogP contribution is -2.57. The highest BCUT2D eigenvalue weighted by atomic mass is 32.2. The standard InChI is InChI=1S/C17H18N4O4S/c1-9-3-5-11(6-4-9)13(22)8-26-17-21-20-14(25-17)7-12-10(2)18-16(24)19-15(12)23/h3-6,10,12H,7-8H2,1-2H3,(H2,18,19,23,24). The molecule has 2 atom stereocenters. The fourth-order valence-corrected chi connectivity index (χ4v) is 3.24. The summed E-state index contributed by atoms with van der Waals surface area (Å²) in [7, 11) is 0. The van der Waals surface area contributed by atoms with Crippen molar-refractivity contribution in [3.05, 3.63) is 41.3 Å². The van der Waals surface area contributed by atoms with Crippen LogP contribution in [0, 0.1) is 12.8 Å². The Labute approximate surface area is 154 Å². The van der Waals surface area contributed by atoms with Gasteiger partial charge in [-0.15, -0.1) is 10.2 Å². The number of aromatic nitrogens is 2. The molecular formula is C17H18N4O4S. The molecular weight excluding hydrogens is 356 g/mol. The number of rotatable bonds is 6. The summed E-state index contributed by atoms with van der Waals surface area (Å²) in [6, 6.07) is 6.51. The van der Waals surface area contributed by atoms with Gasteiger partial charge in [0, 0.05) is 18.0 Å². The average Bonchev–Trinajstić information content (AvgIpc) is 3.04. The van der Waals surface area contributed by atoms with Crippen molar-refractivity contribution in [3.8, 4) is 0 Å². The number of amides is 3. The van der Waals surface area contributed by atoms with Crippen LogP contribution in [0.1, 0.15) is 28.7 Å². The Balaban J connectivity index is 1.56. The van der Waals surface area contributed by atoms with Crippen LogP contribution in [0.4, 0.5) is 4.79 Å². The molecule has 3 rings (SSSR count). The van der Waals surface area contributed by atoms with Crippen LogP contribution in [-0.2, 0) is 11.2 Å². The number of imide groups is 1. The first kappa shape index (κ1) is 18.1. The van der Waals surface area contributed by atoms with Gasteiger partial charge < -0.3 is 9.73 Å². The predicted molar refractivity (Wildman–Crippen MR) is 93.9 cm³/mol. The highest BCUT2D eigenvalue weighted by Crippen LogP contribution is 2.21. The van der Waals surface area contributed by atoms with Crippen molar-refractivity contribution in [1.82, 2.24) is 20.8 Å². The lowest BCUT2D eigenvalue weighted by Gasteiger charge is -2.27. The first-order chi connectivity index (χ1) is 12.4. The fourth-order valence-electron chi connectivity index (χ4n) is 2.56. The molecule has 1 aromatic heterocycles. The van der Waals surface area contributed by atoms with Crippen LogP contribution in [0.15, 0.2) is 33.9 Å². The van der Waals surface area contributed by atoms with Crippen molar-refractivity contribution in [2.75, 3.05) is 5.75 Å². The maximum Gasteiger partial charge on any atom is 0.321 e. The van der Waals surface area contributed by atoms with E-state index in [0.29, 0.717) is 11.5 Å². The second-order valence-corrected chi connectivity index (χ2v) is 7.03. The number of hydrogen-bond donors (Lipinski definition) is 2. The van der Waals surface area contributed by atoms with Crippen molar-refractivity contribution in [2.45, 2.75) is 31.5 Å². The maximum absolute atomic E-state index is 12.2. The van der Waals surface area contributed by atoms with Gasteiger partial charge in [0.05, 0.1) is 11.7 Å². The van der Waals surface area contributed by atoms with Crippen LogP contribution in [0.25, 0.3) is 0 Å². The van der Waals surface area contributed by atoms with E-state index in [4.69, 9.17) is 4.42 Å². The van der Waals surface area contributed by atoms with Gasteiger partial charge in [-0.05, 0) is 13.8 Å². The van der Waals surface area contributed by atoms with Gasteiger partial charge in [0.1, 0.15) is 0 Å². The zero-order valence-corrected chi connectivity index (χ0v) is 15.1. The number of carbonyl (C=O) groups is 3. The molecule has 26 heavy (non-hydrogen) atoms. The number of nitrogens with zero attached hydrogens (tertiary/aromatic N) is 2. The van der Waals surface area contributed by atoms with Crippen LogP contribution >= 0.6 is 11.8 Å². The smallest absolute Gasteiger partial charge is 0.321 e. The van der Waals surface area contributed by atoms with E-state index in [1.807, 2.05) is 19.1 Å². The number of aryl methyl sites for hydroxylation is 1. The number of Topliss-reactive ketones (excluding diaryl/α,β-unsaturated/α-hetero) is 1. The number of nitrogens with one attached hydrogen (secondary N) is 2. The quantitative estimate of drug-likeness (QED) is 0.585. The lowest BCUT2D eigenvalue weighted by molar-refractivity contribution is -0.125. The van der Waals surface area contributed by atoms with E-state index in [0.717, 1.165) is 17.3 Å². The number of urea groups is 1. The van der Waals surface area contributed by atoms with Gasteiger partial charge in [0.15, 0.2) is 5.78 Å². The molecule has 8 nitrogen and oxygen atoms in total. The summed E-state index contributed by atoms with van der Waals surface area (Å²) in [5, 5.41) is 13.0. The Morgan fingerprint density at radius 3 is 2.65 bits per heavy atom. The van der Waals surface area contributed by atoms with Crippen LogP contribution in [-0.4, -0.2) is 39.7 Å². The molecule has 0 bridgehead atoms. The second kappa shape index (κ2) is 7.69. The normalized spacial score (nSPS) is 19.8. The number of benzene rings is 1. The Kier molecular flexibility index (Phi) is 5.36. The summed E-state index contributed by atoms with van der Waals surface area (Å²) in [5.41, 5.74) is 1.72. The van der Waals surface area contributed by atoms with Crippen molar-refractivity contribution >= 4 is 29.5 Å². The topological polar surface area (TPSA) is 114 Å². The number of thioether (sulfide) groups is 1. The average molecular weight is 374 g/mol. The first-order valence-electron chi connectivity index (χ1n) is 8.09. The van der Waals surface area contributed by atoms with Crippen molar-refractivity contribution in [3.63, 3.8) is 0 Å². The van der Waals surface area contributed by atoms with E-state index < -0.39 is 11.9 Å². The molecule has 0 radical (unpaired) electrons. The molecule has 136 valence electrons. The summed E-state index contributed by atoms with van der Waals surface area (Å²) in [6.07, 6.45) is 0.215. The molecule has 2 unspecified atom stereocenters. The largest absolute Gasteiger partial charge is 0.416 e. The number of carbonyl (C=O) groups excluding carboxylic acids is 3. The molecule has 9 heteroatoms. The molecule has 1 aromatic carbocycles. The van der Waals surface area contributed by atoms with Crippen LogP contribution in [0.2, 0.25) is 0 Å². The number of ketones is 1. The summed E-state index contributed by atoms with van der Waals surface area (Å²) >= 11 is 1.15. The molecule has 1 aliphatic rings. The monoisotopic (exact) mass is 374 g/mol. The molecule has 2 heterocycles. The van der Waals surface area contributed by atoms with Crippen molar-refractivity contribution in [2.24, 2.45) is 5.92 Å². The lowest BCUT2D eigenvalue weighted by atomic mass is 9.95. The summed E-state index contributed by atoms with van der Waals surface area (Å²) in [5.74, 6) is -0.416. The fraction of sp³-hybridized carbons (Fsp3) is 0.353. The molecule has 1 saturated heterocycles. The van der Waals surface area contributed by atoms with Crippen LogP contribution in [0.3, 0.4) is 0 Å². The molecule has 0 saturated carbocycles. The van der Waals surface area contributed by atoms with Gasteiger partial charge in [0.25, 0.3) is 5.22 Å².